The molecule has 0 aliphatic carbocycles. The van der Waals surface area contributed by atoms with Crippen LogP contribution in [0.5, 0.6) is 0 Å². The Morgan fingerprint density at radius 2 is 1.77 bits per heavy atom. The van der Waals surface area contributed by atoms with Gasteiger partial charge in [0.05, 0.1) is 19.8 Å². The van der Waals surface area contributed by atoms with Gasteiger partial charge in [-0.1, -0.05) is 0 Å². The molecule has 0 aromatic carbocycles. The van der Waals surface area contributed by atoms with Crippen LogP contribution in [0.2, 0.25) is 0 Å². The van der Waals surface area contributed by atoms with Crippen LogP contribution >= 0.6 is 7.60 Å². The van der Waals surface area contributed by atoms with Crippen molar-refractivity contribution in [2.45, 2.75) is 13.8 Å². The van der Waals surface area contributed by atoms with Gasteiger partial charge in [-0.3, -0.25) is 4.57 Å². The summed E-state index contributed by atoms with van der Waals surface area (Å²) in [6, 6.07) is 0. The van der Waals surface area contributed by atoms with Crippen LogP contribution in [0.15, 0.2) is 0 Å². The molecular formula is C7H18NO4P. The molecule has 13 heavy (non-hydrogen) atoms. The van der Waals surface area contributed by atoms with Crippen molar-refractivity contribution in [3.63, 3.8) is 0 Å². The van der Waals surface area contributed by atoms with Crippen LogP contribution in [-0.4, -0.2) is 32.7 Å². The van der Waals surface area contributed by atoms with Crippen LogP contribution < -0.4 is 5.73 Å². The lowest BCUT2D eigenvalue weighted by Crippen LogP contribution is -2.11. The zero-order chi connectivity index (χ0) is 10.2. The van der Waals surface area contributed by atoms with Gasteiger partial charge >= 0.3 is 7.60 Å². The number of nitrogens with two attached hydrogens (primary N) is 1. The van der Waals surface area contributed by atoms with Crippen molar-refractivity contribution in [1.29, 1.82) is 0 Å². The highest BCUT2D eigenvalue weighted by Gasteiger charge is 2.23. The number of ether oxygens (including phenoxy) is 1. The summed E-state index contributed by atoms with van der Waals surface area (Å²) in [5.74, 6) is 0. The van der Waals surface area contributed by atoms with Gasteiger partial charge in [0.15, 0.2) is 0 Å². The van der Waals surface area contributed by atoms with Gasteiger partial charge in [-0.15, -0.1) is 0 Å². The molecule has 0 unspecified atom stereocenters. The number of hydrogen-bond donors (Lipinski definition) is 1. The molecule has 80 valence electrons. The van der Waals surface area contributed by atoms with Gasteiger partial charge in [0.1, 0.15) is 6.35 Å². The van der Waals surface area contributed by atoms with Crippen LogP contribution in [0, 0.1) is 0 Å². The maximum absolute atomic E-state index is 11.7. The highest BCUT2D eigenvalue weighted by molar-refractivity contribution is 7.53. The molecule has 2 N–H and O–H groups in total. The van der Waals surface area contributed by atoms with Gasteiger partial charge in [-0.05, 0) is 13.8 Å². The first-order valence-electron chi connectivity index (χ1n) is 4.34. The van der Waals surface area contributed by atoms with E-state index in [2.05, 4.69) is 0 Å². The van der Waals surface area contributed by atoms with Crippen molar-refractivity contribution in [3.05, 3.63) is 0 Å². The Bertz CT molecular complexity index is 155. The molecule has 0 saturated carbocycles. The first-order chi connectivity index (χ1) is 6.18. The third-order valence-electron chi connectivity index (χ3n) is 1.16. The Kier molecular flexibility index (Phi) is 7.51. The average Bonchev–Trinajstić information content (AvgIpc) is 2.05. The summed E-state index contributed by atoms with van der Waals surface area (Å²) in [4.78, 5) is 0. The molecular weight excluding hydrogens is 193 g/mol. The van der Waals surface area contributed by atoms with Crippen molar-refractivity contribution < 1.29 is 18.3 Å². The fourth-order valence-corrected chi connectivity index (χ4v) is 2.13. The van der Waals surface area contributed by atoms with Gasteiger partial charge in [0.2, 0.25) is 0 Å². The molecule has 0 fully saturated rings. The molecule has 0 aliphatic heterocycles. The van der Waals surface area contributed by atoms with Crippen molar-refractivity contribution >= 4 is 7.60 Å². The fourth-order valence-electron chi connectivity index (χ4n) is 0.765. The molecule has 5 nitrogen and oxygen atoms in total. The number of hydrogen-bond acceptors (Lipinski definition) is 5. The molecule has 0 aliphatic rings. The summed E-state index contributed by atoms with van der Waals surface area (Å²) in [6.07, 6.45) is -0.0219. The maximum Gasteiger partial charge on any atom is 0.356 e. The molecule has 0 aromatic rings. The second-order valence-corrected chi connectivity index (χ2v) is 4.27. The minimum Gasteiger partial charge on any atom is -0.367 e. The van der Waals surface area contributed by atoms with Crippen LogP contribution in [0.3, 0.4) is 0 Å². The summed E-state index contributed by atoms with van der Waals surface area (Å²) >= 11 is 0. The topological polar surface area (TPSA) is 70.8 Å². The summed E-state index contributed by atoms with van der Waals surface area (Å²) in [6.45, 7) is 4.98. The van der Waals surface area contributed by atoms with Crippen molar-refractivity contribution in [2.75, 3.05) is 32.7 Å². The van der Waals surface area contributed by atoms with Gasteiger partial charge in [0.25, 0.3) is 0 Å². The van der Waals surface area contributed by atoms with Crippen LogP contribution in [0.4, 0.5) is 0 Å². The van der Waals surface area contributed by atoms with Gasteiger partial charge in [-0.2, -0.15) is 0 Å². The summed E-state index contributed by atoms with van der Waals surface area (Å²) < 4.78 is 26.7. The smallest absolute Gasteiger partial charge is 0.356 e. The largest absolute Gasteiger partial charge is 0.367 e. The first-order valence-corrected chi connectivity index (χ1v) is 6.07. The molecule has 0 saturated heterocycles. The zero-order valence-electron chi connectivity index (χ0n) is 8.19. The molecule has 0 rings (SSSR count). The zero-order valence-corrected chi connectivity index (χ0v) is 9.09. The van der Waals surface area contributed by atoms with Gasteiger partial charge < -0.3 is 19.5 Å². The third-order valence-corrected chi connectivity index (χ3v) is 2.97. The van der Waals surface area contributed by atoms with E-state index < -0.39 is 7.60 Å². The van der Waals surface area contributed by atoms with E-state index in [0.29, 0.717) is 26.4 Å². The fraction of sp³-hybridized carbons (Fsp3) is 1.00. The molecule has 6 heteroatoms. The quantitative estimate of drug-likeness (QED) is 0.482. The van der Waals surface area contributed by atoms with Crippen molar-refractivity contribution in [1.82, 2.24) is 0 Å². The summed E-state index contributed by atoms with van der Waals surface area (Å²) in [7, 11) is -3.03. The average molecular weight is 211 g/mol. The van der Waals surface area contributed by atoms with Gasteiger partial charge in [-0.25, -0.2) is 0 Å². The molecule has 0 aromatic heterocycles. The molecule has 0 amide bonds. The van der Waals surface area contributed by atoms with E-state index in [9.17, 15) is 4.57 Å². The summed E-state index contributed by atoms with van der Waals surface area (Å²) in [5, 5.41) is 0. The van der Waals surface area contributed by atoms with Crippen molar-refractivity contribution in [2.24, 2.45) is 5.73 Å². The maximum atomic E-state index is 11.7. The predicted octanol–water partition coefficient (Wildman–Crippen LogP) is 1.19. The lowest BCUT2D eigenvalue weighted by atomic mass is 10.7. The SMILES string of the molecule is CCOP(=O)(COCCN)OCC. The van der Waals surface area contributed by atoms with E-state index in [0.717, 1.165) is 0 Å². The molecule has 0 heterocycles. The van der Waals surface area contributed by atoms with E-state index in [1.54, 1.807) is 13.8 Å². The Morgan fingerprint density at radius 3 is 2.15 bits per heavy atom. The molecule has 0 radical (unpaired) electrons. The minimum absolute atomic E-state index is 0.0219. The Morgan fingerprint density at radius 1 is 1.23 bits per heavy atom. The normalized spacial score (nSPS) is 11.9. The van der Waals surface area contributed by atoms with Crippen LogP contribution in [-0.2, 0) is 18.3 Å². The highest BCUT2D eigenvalue weighted by Crippen LogP contribution is 2.47. The Balaban J connectivity index is 3.85. The van der Waals surface area contributed by atoms with Gasteiger partial charge in [0, 0.05) is 6.54 Å². The monoisotopic (exact) mass is 211 g/mol. The lowest BCUT2D eigenvalue weighted by molar-refractivity contribution is 0.137. The summed E-state index contributed by atoms with van der Waals surface area (Å²) in [5.41, 5.74) is 5.21. The third kappa shape index (κ3) is 6.18. The second-order valence-electron chi connectivity index (χ2n) is 2.27. The molecule has 0 atom stereocenters. The van der Waals surface area contributed by atoms with E-state index >= 15 is 0 Å². The van der Waals surface area contributed by atoms with Crippen LogP contribution in [0.1, 0.15) is 13.8 Å². The standard InChI is InChI=1S/C7H18NO4P/c1-3-11-13(9,12-4-2)7-10-6-5-8/h3-8H2,1-2H3. The lowest BCUT2D eigenvalue weighted by Gasteiger charge is -2.16. The van der Waals surface area contributed by atoms with E-state index in [-0.39, 0.29) is 6.35 Å². The van der Waals surface area contributed by atoms with E-state index in [1.807, 2.05) is 0 Å². The van der Waals surface area contributed by atoms with E-state index in [4.69, 9.17) is 19.5 Å². The Hall–Kier alpha value is 0.0700. The highest BCUT2D eigenvalue weighted by atomic mass is 31.2. The van der Waals surface area contributed by atoms with Crippen molar-refractivity contribution in [3.8, 4) is 0 Å². The predicted molar refractivity (Wildman–Crippen MR) is 50.7 cm³/mol. The Labute approximate surface area is 79.1 Å². The second kappa shape index (κ2) is 7.47. The van der Waals surface area contributed by atoms with E-state index in [1.165, 1.54) is 0 Å². The molecule has 0 bridgehead atoms. The van der Waals surface area contributed by atoms with Crippen LogP contribution in [0.25, 0.3) is 0 Å². The first kappa shape index (κ1) is 13.1. The molecule has 0 spiro atoms. The minimum atomic E-state index is -3.03. The number of rotatable bonds is 8.